The van der Waals surface area contributed by atoms with Gasteiger partial charge in [0.05, 0.1) is 24.3 Å². The number of nitriles is 1. The average Bonchev–Trinajstić information content (AvgIpc) is 3.32. The maximum atomic E-state index is 12.2. The molecule has 0 spiro atoms. The molecule has 1 aliphatic rings. The number of nitrogens with zero attached hydrogens (tertiary/aromatic N) is 2. The Morgan fingerprint density at radius 3 is 2.45 bits per heavy atom. The maximum absolute atomic E-state index is 12.2. The molecule has 4 nitrogen and oxygen atoms in total. The number of carbonyl (C=O) groups excluding carboxylic acids is 1. The summed E-state index contributed by atoms with van der Waals surface area (Å²) in [5.41, 5.74) is 2.62. The van der Waals surface area contributed by atoms with Crippen LogP contribution in [0.1, 0.15) is 24.1 Å². The molecule has 2 aromatic rings. The number of anilines is 1. The van der Waals surface area contributed by atoms with Gasteiger partial charge in [-0.15, -0.1) is 0 Å². The Bertz CT molecular complexity index is 704. The van der Waals surface area contributed by atoms with Gasteiger partial charge in [0.25, 0.3) is 0 Å². The lowest BCUT2D eigenvalue weighted by atomic mass is 10.1. The number of benzene rings is 2. The van der Waals surface area contributed by atoms with Crippen molar-refractivity contribution in [2.24, 2.45) is 0 Å². The Hall–Kier alpha value is -2.80. The van der Waals surface area contributed by atoms with Crippen LogP contribution in [0.15, 0.2) is 54.6 Å². The van der Waals surface area contributed by atoms with E-state index < -0.39 is 0 Å². The number of hydrogen-bond donors (Lipinski definition) is 0. The SMILES string of the molecule is CCOC(=O)C1C(c2ccc(C#N)cc2)N1c1ccccc1. The minimum Gasteiger partial charge on any atom is -0.464 e. The second-order valence-corrected chi connectivity index (χ2v) is 5.12. The summed E-state index contributed by atoms with van der Waals surface area (Å²) in [5.74, 6) is -0.208. The zero-order valence-electron chi connectivity index (χ0n) is 12.3. The van der Waals surface area contributed by atoms with E-state index in [0.29, 0.717) is 12.2 Å². The highest BCUT2D eigenvalue weighted by molar-refractivity contribution is 5.88. The fraction of sp³-hybridized carbons (Fsp3) is 0.222. The molecule has 2 aromatic carbocycles. The topological polar surface area (TPSA) is 53.1 Å². The fourth-order valence-electron chi connectivity index (χ4n) is 2.72. The van der Waals surface area contributed by atoms with E-state index in [-0.39, 0.29) is 18.1 Å². The zero-order chi connectivity index (χ0) is 15.5. The molecular weight excluding hydrogens is 276 g/mol. The third-order valence-corrected chi connectivity index (χ3v) is 3.77. The van der Waals surface area contributed by atoms with Gasteiger partial charge in [-0.3, -0.25) is 0 Å². The van der Waals surface area contributed by atoms with Gasteiger partial charge in [0.15, 0.2) is 6.04 Å². The molecule has 1 heterocycles. The summed E-state index contributed by atoms with van der Waals surface area (Å²) in [6, 6.07) is 18.9. The second-order valence-electron chi connectivity index (χ2n) is 5.12. The van der Waals surface area contributed by atoms with E-state index in [2.05, 4.69) is 6.07 Å². The smallest absolute Gasteiger partial charge is 0.331 e. The number of esters is 1. The molecule has 2 atom stereocenters. The molecule has 22 heavy (non-hydrogen) atoms. The predicted octanol–water partition coefficient (Wildman–Crippen LogP) is 3.05. The van der Waals surface area contributed by atoms with Crippen LogP contribution in [0, 0.1) is 11.3 Å². The first-order valence-corrected chi connectivity index (χ1v) is 7.26. The molecule has 110 valence electrons. The van der Waals surface area contributed by atoms with Gasteiger partial charge >= 0.3 is 5.97 Å². The molecule has 2 unspecified atom stereocenters. The van der Waals surface area contributed by atoms with Crippen LogP contribution in [0.25, 0.3) is 0 Å². The molecule has 0 aliphatic carbocycles. The molecule has 4 heteroatoms. The van der Waals surface area contributed by atoms with Crippen molar-refractivity contribution in [2.75, 3.05) is 11.5 Å². The highest BCUT2D eigenvalue weighted by Gasteiger charge is 2.54. The van der Waals surface area contributed by atoms with Crippen LogP contribution < -0.4 is 4.90 Å². The van der Waals surface area contributed by atoms with E-state index in [0.717, 1.165) is 11.3 Å². The molecule has 0 bridgehead atoms. The largest absolute Gasteiger partial charge is 0.464 e. The van der Waals surface area contributed by atoms with Crippen LogP contribution in [-0.2, 0) is 9.53 Å². The monoisotopic (exact) mass is 292 g/mol. The van der Waals surface area contributed by atoms with Gasteiger partial charge in [0.2, 0.25) is 0 Å². The van der Waals surface area contributed by atoms with Crippen molar-refractivity contribution in [3.05, 3.63) is 65.7 Å². The minimum absolute atomic E-state index is 0.0332. The van der Waals surface area contributed by atoms with E-state index in [9.17, 15) is 4.79 Å². The lowest BCUT2D eigenvalue weighted by Gasteiger charge is -2.05. The predicted molar refractivity (Wildman–Crippen MR) is 83.2 cm³/mol. The molecule has 1 aliphatic heterocycles. The van der Waals surface area contributed by atoms with Crippen LogP contribution in [0.2, 0.25) is 0 Å². The number of hydrogen-bond acceptors (Lipinski definition) is 4. The number of carbonyl (C=O) groups is 1. The van der Waals surface area contributed by atoms with Crippen molar-refractivity contribution in [1.29, 1.82) is 5.26 Å². The van der Waals surface area contributed by atoms with E-state index in [1.54, 1.807) is 12.1 Å². The van der Waals surface area contributed by atoms with Crippen molar-refractivity contribution < 1.29 is 9.53 Å². The quantitative estimate of drug-likeness (QED) is 0.642. The summed E-state index contributed by atoms with van der Waals surface area (Å²) in [6.45, 7) is 2.18. The first-order chi connectivity index (χ1) is 10.8. The summed E-state index contributed by atoms with van der Waals surface area (Å²) in [7, 11) is 0. The first-order valence-electron chi connectivity index (χ1n) is 7.26. The normalized spacial score (nSPS) is 19.4. The standard InChI is InChI=1S/C18H16N2O2/c1-2-22-18(21)17-16(14-10-8-13(12-19)9-11-14)20(17)15-6-4-3-5-7-15/h3-11,16-17H,2H2,1H3. The number of ether oxygens (including phenoxy) is 1. The third kappa shape index (κ3) is 2.53. The molecule has 0 N–H and O–H groups in total. The van der Waals surface area contributed by atoms with Crippen molar-refractivity contribution in [3.63, 3.8) is 0 Å². The molecular formula is C18H16N2O2. The average molecular weight is 292 g/mol. The highest BCUT2D eigenvalue weighted by Crippen LogP contribution is 2.47. The van der Waals surface area contributed by atoms with Crippen LogP contribution in [-0.4, -0.2) is 18.6 Å². The van der Waals surface area contributed by atoms with E-state index in [1.165, 1.54) is 0 Å². The number of para-hydroxylation sites is 1. The highest BCUT2D eigenvalue weighted by atomic mass is 16.5. The molecule has 0 amide bonds. The number of rotatable bonds is 4. The van der Waals surface area contributed by atoms with Gasteiger partial charge in [-0.05, 0) is 36.8 Å². The Kier molecular flexibility index (Phi) is 3.80. The molecule has 1 fully saturated rings. The fourth-order valence-corrected chi connectivity index (χ4v) is 2.72. The van der Waals surface area contributed by atoms with Crippen LogP contribution >= 0.6 is 0 Å². The van der Waals surface area contributed by atoms with Crippen LogP contribution in [0.5, 0.6) is 0 Å². The van der Waals surface area contributed by atoms with Gasteiger partial charge < -0.3 is 9.64 Å². The van der Waals surface area contributed by atoms with Gasteiger partial charge in [0.1, 0.15) is 0 Å². The molecule has 0 saturated carbocycles. The maximum Gasteiger partial charge on any atom is 0.331 e. The zero-order valence-corrected chi connectivity index (χ0v) is 12.3. The van der Waals surface area contributed by atoms with Crippen LogP contribution in [0.4, 0.5) is 5.69 Å². The Morgan fingerprint density at radius 2 is 1.86 bits per heavy atom. The molecule has 0 radical (unpaired) electrons. The minimum atomic E-state index is -0.296. The van der Waals surface area contributed by atoms with Gasteiger partial charge in [-0.25, -0.2) is 4.79 Å². The summed E-state index contributed by atoms with van der Waals surface area (Å²) in [4.78, 5) is 14.2. The lowest BCUT2D eigenvalue weighted by molar-refractivity contribution is -0.142. The summed E-state index contributed by atoms with van der Waals surface area (Å²) in [5, 5.41) is 8.89. The van der Waals surface area contributed by atoms with Crippen molar-refractivity contribution in [3.8, 4) is 6.07 Å². The summed E-state index contributed by atoms with van der Waals surface area (Å²) in [6.07, 6.45) is 0. The Labute approximate surface area is 129 Å². The van der Waals surface area contributed by atoms with Gasteiger partial charge in [0, 0.05) is 5.69 Å². The van der Waals surface area contributed by atoms with E-state index in [4.69, 9.17) is 10.00 Å². The molecule has 3 rings (SSSR count). The molecule has 0 aromatic heterocycles. The van der Waals surface area contributed by atoms with Crippen molar-refractivity contribution >= 4 is 11.7 Å². The summed E-state index contributed by atoms with van der Waals surface area (Å²) < 4.78 is 5.18. The van der Waals surface area contributed by atoms with Crippen molar-refractivity contribution in [1.82, 2.24) is 0 Å². The third-order valence-electron chi connectivity index (χ3n) is 3.77. The van der Waals surface area contributed by atoms with E-state index in [1.807, 2.05) is 54.3 Å². The van der Waals surface area contributed by atoms with Gasteiger partial charge in [-0.1, -0.05) is 30.3 Å². The summed E-state index contributed by atoms with van der Waals surface area (Å²) >= 11 is 0. The Morgan fingerprint density at radius 1 is 1.18 bits per heavy atom. The van der Waals surface area contributed by atoms with E-state index >= 15 is 0 Å². The van der Waals surface area contributed by atoms with Gasteiger partial charge in [-0.2, -0.15) is 5.26 Å². The second kappa shape index (κ2) is 5.90. The lowest BCUT2D eigenvalue weighted by Crippen LogP contribution is -2.15. The van der Waals surface area contributed by atoms with Crippen LogP contribution in [0.3, 0.4) is 0 Å². The first kappa shape index (κ1) is 14.2. The Balaban J connectivity index is 1.90. The van der Waals surface area contributed by atoms with Crippen molar-refractivity contribution in [2.45, 2.75) is 19.0 Å². The molecule has 1 saturated heterocycles.